The first-order valence-corrected chi connectivity index (χ1v) is 8.09. The molecule has 2 rings (SSSR count). The SMILES string of the molecule is C=CCOc1ccc(Cl)cc1C=NN=C1NC(=O)C(CC(=O)O)S1. The first kappa shape index (κ1) is 18.0. The zero-order valence-corrected chi connectivity index (χ0v) is 14.0. The van der Waals surface area contributed by atoms with Crippen LogP contribution in [-0.2, 0) is 9.59 Å². The summed E-state index contributed by atoms with van der Waals surface area (Å²) in [5.41, 5.74) is 0.616. The third-order valence-electron chi connectivity index (χ3n) is 2.81. The number of aliphatic carboxylic acids is 1. The standard InChI is InChI=1S/C15H14ClN3O4S/c1-2-5-23-11-4-3-10(16)6-9(11)8-17-19-15-18-14(22)12(24-15)7-13(20)21/h2-4,6,8,12H,1,5,7H2,(H,20,21)(H,18,19,22). The van der Waals surface area contributed by atoms with E-state index in [0.29, 0.717) is 22.9 Å². The molecule has 24 heavy (non-hydrogen) atoms. The van der Waals surface area contributed by atoms with Gasteiger partial charge in [-0.05, 0) is 18.2 Å². The van der Waals surface area contributed by atoms with Gasteiger partial charge in [0.25, 0.3) is 0 Å². The Labute approximate surface area is 147 Å². The third-order valence-corrected chi connectivity index (χ3v) is 4.12. The van der Waals surface area contributed by atoms with Crippen LogP contribution < -0.4 is 10.1 Å². The number of halogens is 1. The molecule has 0 aromatic heterocycles. The quantitative estimate of drug-likeness (QED) is 0.437. The van der Waals surface area contributed by atoms with Gasteiger partial charge in [0, 0.05) is 10.6 Å². The average molecular weight is 368 g/mol. The van der Waals surface area contributed by atoms with Gasteiger partial charge in [0.1, 0.15) is 17.6 Å². The van der Waals surface area contributed by atoms with Gasteiger partial charge in [0.2, 0.25) is 5.91 Å². The number of thioether (sulfide) groups is 1. The van der Waals surface area contributed by atoms with E-state index in [1.165, 1.54) is 6.21 Å². The molecule has 1 amide bonds. The van der Waals surface area contributed by atoms with Crippen LogP contribution in [0.5, 0.6) is 5.75 Å². The largest absolute Gasteiger partial charge is 0.489 e. The van der Waals surface area contributed by atoms with Gasteiger partial charge < -0.3 is 15.2 Å². The second-order valence-corrected chi connectivity index (χ2v) is 6.25. The molecule has 9 heteroatoms. The Morgan fingerprint density at radius 1 is 1.54 bits per heavy atom. The summed E-state index contributed by atoms with van der Waals surface area (Å²) in [7, 11) is 0. The minimum atomic E-state index is -1.05. The maximum atomic E-state index is 11.6. The predicted octanol–water partition coefficient (Wildman–Crippen LogP) is 2.30. The lowest BCUT2D eigenvalue weighted by atomic mass is 10.2. The smallest absolute Gasteiger partial charge is 0.305 e. The molecule has 7 nitrogen and oxygen atoms in total. The topological polar surface area (TPSA) is 100 Å². The molecule has 0 aliphatic carbocycles. The number of amidine groups is 1. The molecular weight excluding hydrogens is 354 g/mol. The van der Waals surface area contributed by atoms with Crippen LogP contribution in [0.25, 0.3) is 0 Å². The highest BCUT2D eigenvalue weighted by molar-refractivity contribution is 8.15. The molecule has 126 valence electrons. The number of nitrogens with zero attached hydrogens (tertiary/aromatic N) is 2. The van der Waals surface area contributed by atoms with Crippen LogP contribution >= 0.6 is 23.4 Å². The van der Waals surface area contributed by atoms with Gasteiger partial charge >= 0.3 is 5.97 Å². The molecule has 1 heterocycles. The molecular formula is C15H14ClN3O4S. The second-order valence-electron chi connectivity index (χ2n) is 4.63. The molecule has 1 saturated heterocycles. The lowest BCUT2D eigenvalue weighted by molar-refractivity contribution is -0.138. The van der Waals surface area contributed by atoms with Gasteiger partial charge in [-0.25, -0.2) is 0 Å². The minimum Gasteiger partial charge on any atom is -0.489 e. The van der Waals surface area contributed by atoms with Gasteiger partial charge in [0.15, 0.2) is 5.17 Å². The number of ether oxygens (including phenoxy) is 1. The fourth-order valence-corrected chi connectivity index (χ4v) is 2.88. The highest BCUT2D eigenvalue weighted by Gasteiger charge is 2.32. The monoisotopic (exact) mass is 367 g/mol. The van der Waals surface area contributed by atoms with Crippen molar-refractivity contribution in [2.45, 2.75) is 11.7 Å². The normalized spacial score (nSPS) is 18.8. The summed E-state index contributed by atoms with van der Waals surface area (Å²) >= 11 is 6.98. The van der Waals surface area contributed by atoms with Crippen LogP contribution in [0.1, 0.15) is 12.0 Å². The highest BCUT2D eigenvalue weighted by Crippen LogP contribution is 2.23. The molecule has 2 N–H and O–H groups in total. The van der Waals surface area contributed by atoms with Crippen molar-refractivity contribution in [2.75, 3.05) is 6.61 Å². The molecule has 1 fully saturated rings. The number of hydrogen-bond acceptors (Lipinski definition) is 6. The second kappa shape index (κ2) is 8.51. The fourth-order valence-electron chi connectivity index (χ4n) is 1.79. The molecule has 1 aromatic rings. The number of benzene rings is 1. The molecule has 1 aromatic carbocycles. The molecule has 0 saturated carbocycles. The van der Waals surface area contributed by atoms with E-state index in [1.807, 2.05) is 0 Å². The van der Waals surface area contributed by atoms with Crippen molar-refractivity contribution in [3.05, 3.63) is 41.4 Å². The molecule has 1 atom stereocenters. The Bertz CT molecular complexity index is 721. The van der Waals surface area contributed by atoms with Crippen molar-refractivity contribution in [2.24, 2.45) is 10.2 Å². The zero-order chi connectivity index (χ0) is 17.5. The van der Waals surface area contributed by atoms with Crippen LogP contribution in [0.3, 0.4) is 0 Å². The lowest BCUT2D eigenvalue weighted by Gasteiger charge is -2.06. The van der Waals surface area contributed by atoms with Crippen LogP contribution in [0.2, 0.25) is 5.02 Å². The van der Waals surface area contributed by atoms with Crippen LogP contribution in [0.4, 0.5) is 0 Å². The number of amides is 1. The highest BCUT2D eigenvalue weighted by atomic mass is 35.5. The Morgan fingerprint density at radius 3 is 3.04 bits per heavy atom. The van der Waals surface area contributed by atoms with Crippen molar-refractivity contribution in [1.82, 2.24) is 5.32 Å². The Morgan fingerprint density at radius 2 is 2.33 bits per heavy atom. The fraction of sp³-hybridized carbons (Fsp3) is 0.200. The summed E-state index contributed by atoms with van der Waals surface area (Å²) < 4.78 is 5.49. The van der Waals surface area contributed by atoms with E-state index in [2.05, 4.69) is 22.1 Å². The van der Waals surface area contributed by atoms with Crippen molar-refractivity contribution in [3.63, 3.8) is 0 Å². The minimum absolute atomic E-state index is 0.248. The van der Waals surface area contributed by atoms with Gasteiger partial charge in [-0.1, -0.05) is 36.0 Å². The van der Waals surface area contributed by atoms with Gasteiger partial charge in [-0.3, -0.25) is 9.59 Å². The van der Waals surface area contributed by atoms with Crippen molar-refractivity contribution in [3.8, 4) is 5.75 Å². The molecule has 0 bridgehead atoms. The number of hydrogen-bond donors (Lipinski definition) is 2. The first-order valence-electron chi connectivity index (χ1n) is 6.83. The van der Waals surface area contributed by atoms with Gasteiger partial charge in [0.05, 0.1) is 12.6 Å². The Kier molecular flexibility index (Phi) is 6.39. The van der Waals surface area contributed by atoms with Gasteiger partial charge in [-0.2, -0.15) is 5.10 Å². The van der Waals surface area contributed by atoms with Crippen molar-refractivity contribution >= 4 is 46.6 Å². The summed E-state index contributed by atoms with van der Waals surface area (Å²) in [6.07, 6.45) is 2.78. The summed E-state index contributed by atoms with van der Waals surface area (Å²) in [6, 6.07) is 5.05. The Hall–Kier alpha value is -2.32. The molecule has 0 spiro atoms. The Balaban J connectivity index is 2.08. The van der Waals surface area contributed by atoms with E-state index in [9.17, 15) is 9.59 Å². The average Bonchev–Trinajstić information content (AvgIpc) is 2.86. The summed E-state index contributed by atoms with van der Waals surface area (Å²) in [5, 5.41) is 19.1. The molecule has 0 radical (unpaired) electrons. The summed E-state index contributed by atoms with van der Waals surface area (Å²) in [4.78, 5) is 22.3. The summed E-state index contributed by atoms with van der Waals surface area (Å²) in [6.45, 7) is 3.91. The summed E-state index contributed by atoms with van der Waals surface area (Å²) in [5.74, 6) is -0.875. The van der Waals surface area contributed by atoms with E-state index in [-0.39, 0.29) is 11.6 Å². The maximum Gasteiger partial charge on any atom is 0.305 e. The van der Waals surface area contributed by atoms with Crippen molar-refractivity contribution in [1.29, 1.82) is 0 Å². The van der Waals surface area contributed by atoms with E-state index < -0.39 is 17.1 Å². The number of carbonyl (C=O) groups is 2. The molecule has 1 aliphatic heterocycles. The molecule has 1 aliphatic rings. The lowest BCUT2D eigenvalue weighted by Crippen LogP contribution is -2.26. The number of carboxylic acids is 1. The van der Waals surface area contributed by atoms with E-state index in [0.717, 1.165) is 11.8 Å². The predicted molar refractivity (Wildman–Crippen MR) is 93.9 cm³/mol. The zero-order valence-electron chi connectivity index (χ0n) is 12.4. The van der Waals surface area contributed by atoms with Gasteiger partial charge in [-0.15, -0.1) is 5.10 Å². The number of nitrogens with one attached hydrogen (secondary N) is 1. The van der Waals surface area contributed by atoms with Crippen molar-refractivity contribution < 1.29 is 19.4 Å². The number of carbonyl (C=O) groups excluding carboxylic acids is 1. The van der Waals surface area contributed by atoms with E-state index in [4.69, 9.17) is 21.4 Å². The van der Waals surface area contributed by atoms with Crippen LogP contribution in [0, 0.1) is 0 Å². The van der Waals surface area contributed by atoms with E-state index in [1.54, 1.807) is 24.3 Å². The maximum absolute atomic E-state index is 11.6. The third kappa shape index (κ3) is 5.10. The number of carboxylic acid groups (broad SMARTS) is 1. The van der Waals surface area contributed by atoms with Crippen LogP contribution in [-0.4, -0.2) is 40.2 Å². The van der Waals surface area contributed by atoms with Crippen LogP contribution in [0.15, 0.2) is 41.1 Å². The van der Waals surface area contributed by atoms with E-state index >= 15 is 0 Å². The molecule has 1 unspecified atom stereocenters. The number of rotatable bonds is 7. The first-order chi connectivity index (χ1) is 11.5.